The van der Waals surface area contributed by atoms with Crippen LogP contribution in [0.3, 0.4) is 0 Å². The van der Waals surface area contributed by atoms with Crippen LogP contribution in [0.25, 0.3) is 0 Å². The van der Waals surface area contributed by atoms with Gasteiger partial charge in [-0.3, -0.25) is 4.79 Å². The summed E-state index contributed by atoms with van der Waals surface area (Å²) < 4.78 is 0. The maximum Gasteiger partial charge on any atom is 0.271 e. The van der Waals surface area contributed by atoms with Gasteiger partial charge in [0.05, 0.1) is 18.6 Å². The molecule has 0 saturated carbocycles. The molecule has 2 aliphatic rings. The molecule has 8 nitrogen and oxygen atoms in total. The first-order chi connectivity index (χ1) is 11.3. The van der Waals surface area contributed by atoms with Gasteiger partial charge >= 0.3 is 0 Å². The van der Waals surface area contributed by atoms with Crippen molar-refractivity contribution >= 4 is 23.1 Å². The van der Waals surface area contributed by atoms with Crippen molar-refractivity contribution in [3.05, 3.63) is 34.9 Å². The second-order valence-electron chi connectivity index (χ2n) is 5.77. The number of piperidine rings is 1. The first-order valence-electron chi connectivity index (χ1n) is 7.84. The molecular formula is C15H19N7O. The van der Waals surface area contributed by atoms with Crippen LogP contribution in [0.5, 0.6) is 0 Å². The summed E-state index contributed by atoms with van der Waals surface area (Å²) in [6, 6.07) is 3.90. The molecule has 2 aromatic heterocycles. The van der Waals surface area contributed by atoms with Crippen molar-refractivity contribution in [1.29, 1.82) is 0 Å². The molecule has 2 aliphatic heterocycles. The lowest BCUT2D eigenvalue weighted by atomic mass is 10.1. The minimum Gasteiger partial charge on any atom is -0.363 e. The summed E-state index contributed by atoms with van der Waals surface area (Å²) >= 11 is 0. The van der Waals surface area contributed by atoms with Gasteiger partial charge in [0, 0.05) is 18.8 Å². The van der Waals surface area contributed by atoms with Crippen LogP contribution in [-0.2, 0) is 0 Å². The second kappa shape index (κ2) is 5.88. The van der Waals surface area contributed by atoms with Gasteiger partial charge in [0.2, 0.25) is 5.95 Å². The normalized spacial score (nSPS) is 20.0. The Morgan fingerprint density at radius 3 is 3.17 bits per heavy atom. The molecule has 1 saturated heterocycles. The molecule has 0 amide bonds. The number of hydrogen-bond acceptors (Lipinski definition) is 7. The van der Waals surface area contributed by atoms with Crippen LogP contribution in [0.15, 0.2) is 29.3 Å². The van der Waals surface area contributed by atoms with E-state index in [4.69, 9.17) is 0 Å². The third-order valence-corrected chi connectivity index (χ3v) is 4.26. The highest BCUT2D eigenvalue weighted by atomic mass is 16.1. The van der Waals surface area contributed by atoms with Gasteiger partial charge in [-0.15, -0.1) is 0 Å². The molecule has 1 atom stereocenters. The lowest BCUT2D eigenvalue weighted by Crippen LogP contribution is -2.46. The molecule has 0 spiro atoms. The molecule has 8 heteroatoms. The monoisotopic (exact) mass is 313 g/mol. The summed E-state index contributed by atoms with van der Waals surface area (Å²) in [5, 5.41) is 9.75. The fourth-order valence-corrected chi connectivity index (χ4v) is 3.06. The molecule has 23 heavy (non-hydrogen) atoms. The number of aromatic amines is 1. The molecule has 4 N–H and O–H groups in total. The molecule has 0 aliphatic carbocycles. The predicted octanol–water partition coefficient (Wildman–Crippen LogP) is 0.850. The number of nitrogens with one attached hydrogen (secondary N) is 4. The van der Waals surface area contributed by atoms with E-state index in [9.17, 15) is 4.79 Å². The predicted molar refractivity (Wildman–Crippen MR) is 89.2 cm³/mol. The zero-order valence-electron chi connectivity index (χ0n) is 12.7. The fraction of sp³-hybridized carbons (Fsp3) is 0.400. The number of H-pyrrole nitrogens is 1. The van der Waals surface area contributed by atoms with Gasteiger partial charge in [-0.2, -0.15) is 4.98 Å². The van der Waals surface area contributed by atoms with Gasteiger partial charge in [0.25, 0.3) is 5.56 Å². The second-order valence-corrected chi connectivity index (χ2v) is 5.77. The Morgan fingerprint density at radius 2 is 2.35 bits per heavy atom. The average molecular weight is 313 g/mol. The number of fused-ring (bicyclic) bond motifs is 1. The van der Waals surface area contributed by atoms with Crippen molar-refractivity contribution in [3.8, 4) is 0 Å². The van der Waals surface area contributed by atoms with Crippen molar-refractivity contribution in [3.63, 3.8) is 0 Å². The van der Waals surface area contributed by atoms with E-state index in [0.717, 1.165) is 37.7 Å². The van der Waals surface area contributed by atoms with E-state index in [1.165, 1.54) is 6.42 Å². The highest BCUT2D eigenvalue weighted by Gasteiger charge is 2.29. The smallest absolute Gasteiger partial charge is 0.271 e. The third kappa shape index (κ3) is 2.72. The van der Waals surface area contributed by atoms with Gasteiger partial charge in [-0.25, -0.2) is 4.98 Å². The van der Waals surface area contributed by atoms with E-state index < -0.39 is 0 Å². The van der Waals surface area contributed by atoms with E-state index in [2.05, 4.69) is 35.8 Å². The average Bonchev–Trinajstić information content (AvgIpc) is 3.01. The largest absolute Gasteiger partial charge is 0.363 e. The zero-order chi connectivity index (χ0) is 15.6. The first kappa shape index (κ1) is 14.0. The quantitative estimate of drug-likeness (QED) is 0.667. The fourth-order valence-electron chi connectivity index (χ4n) is 3.06. The Hall–Kier alpha value is -2.61. The highest BCUT2D eigenvalue weighted by molar-refractivity contribution is 5.72. The molecule has 4 heterocycles. The number of rotatable bonds is 3. The molecular weight excluding hydrogens is 294 g/mol. The van der Waals surface area contributed by atoms with E-state index in [1.807, 2.05) is 0 Å². The van der Waals surface area contributed by atoms with Gasteiger partial charge in [-0.1, -0.05) is 0 Å². The minimum atomic E-state index is -0.192. The summed E-state index contributed by atoms with van der Waals surface area (Å²) in [6.45, 7) is 2.79. The van der Waals surface area contributed by atoms with E-state index in [-0.39, 0.29) is 5.56 Å². The van der Waals surface area contributed by atoms with Gasteiger partial charge in [-0.05, 0) is 31.5 Å². The van der Waals surface area contributed by atoms with Gasteiger partial charge in [0.15, 0.2) is 5.82 Å². The molecule has 0 unspecified atom stereocenters. The Bertz CT molecular complexity index is 753. The van der Waals surface area contributed by atoms with Gasteiger partial charge < -0.3 is 25.8 Å². The van der Waals surface area contributed by atoms with Crippen molar-refractivity contribution in [2.45, 2.75) is 18.9 Å². The highest BCUT2D eigenvalue weighted by Crippen LogP contribution is 2.32. The zero-order valence-corrected chi connectivity index (χ0v) is 12.7. The van der Waals surface area contributed by atoms with Crippen molar-refractivity contribution in [1.82, 2.24) is 20.3 Å². The summed E-state index contributed by atoms with van der Waals surface area (Å²) in [4.78, 5) is 25.6. The van der Waals surface area contributed by atoms with Crippen LogP contribution in [0.2, 0.25) is 0 Å². The molecule has 1 fully saturated rings. The van der Waals surface area contributed by atoms with Crippen LogP contribution in [0.4, 0.5) is 23.1 Å². The summed E-state index contributed by atoms with van der Waals surface area (Å²) in [5.41, 5.74) is 1.18. The third-order valence-electron chi connectivity index (χ3n) is 4.26. The van der Waals surface area contributed by atoms with Crippen LogP contribution in [-0.4, -0.2) is 40.8 Å². The van der Waals surface area contributed by atoms with Gasteiger partial charge in [0.1, 0.15) is 5.69 Å². The lowest BCUT2D eigenvalue weighted by Gasteiger charge is -2.32. The number of pyridine rings is 1. The lowest BCUT2D eigenvalue weighted by molar-refractivity contribution is 0.438. The number of hydrogen-bond donors (Lipinski definition) is 4. The summed E-state index contributed by atoms with van der Waals surface area (Å²) in [7, 11) is 0. The summed E-state index contributed by atoms with van der Waals surface area (Å²) in [5.74, 6) is 1.32. The van der Waals surface area contributed by atoms with E-state index in [1.54, 1.807) is 24.5 Å². The van der Waals surface area contributed by atoms with Crippen LogP contribution in [0, 0.1) is 0 Å². The minimum absolute atomic E-state index is 0.192. The molecule has 2 aromatic rings. The topological polar surface area (TPSA) is 98.0 Å². The summed E-state index contributed by atoms with van der Waals surface area (Å²) in [6.07, 6.45) is 5.68. The molecule has 0 aromatic carbocycles. The van der Waals surface area contributed by atoms with Crippen molar-refractivity contribution < 1.29 is 0 Å². The Kier molecular flexibility index (Phi) is 3.58. The van der Waals surface area contributed by atoms with E-state index >= 15 is 0 Å². The molecule has 120 valence electrons. The van der Waals surface area contributed by atoms with Crippen molar-refractivity contribution in [2.24, 2.45) is 0 Å². The molecule has 4 rings (SSSR count). The van der Waals surface area contributed by atoms with Crippen LogP contribution >= 0.6 is 0 Å². The Balaban J connectivity index is 1.60. The number of anilines is 4. The molecule has 0 radical (unpaired) electrons. The first-order valence-corrected chi connectivity index (χ1v) is 7.84. The maximum atomic E-state index is 11.8. The van der Waals surface area contributed by atoms with E-state index in [0.29, 0.717) is 17.7 Å². The Labute approximate surface area is 133 Å². The van der Waals surface area contributed by atoms with Crippen LogP contribution < -0.4 is 26.4 Å². The Morgan fingerprint density at radius 1 is 1.39 bits per heavy atom. The number of aromatic nitrogens is 3. The standard InChI is InChI=1S/C15H19N7O/c23-14-11(4-2-6-17-14)20-15-18-8-12-13(21-15)22(9-19-12)10-3-1-5-16-7-10/h2,4,6,8,10,16,19H,1,3,5,7,9H2,(H,17,23)(H,18,20,21)/t10-/m0/s1. The maximum absolute atomic E-state index is 11.8. The SMILES string of the molecule is O=c1[nH]cccc1Nc1ncc2c(n1)N([C@H]1CCCNC1)CN2. The molecule has 0 bridgehead atoms. The number of nitrogens with zero attached hydrogens (tertiary/aromatic N) is 3. The van der Waals surface area contributed by atoms with Crippen LogP contribution in [0.1, 0.15) is 12.8 Å². The van der Waals surface area contributed by atoms with Crippen molar-refractivity contribution in [2.75, 3.05) is 35.3 Å².